The standard InChI is InChI=1S/C26H34O/c1-3-4-5-6-7-8-21-9-11-22(12-10-21)23-13-15-24(16-14-23)25-17-19-26(27-2)20-18-25/h11,13-21H,3-10,12H2,1-2H3. The van der Waals surface area contributed by atoms with Gasteiger partial charge in [-0.25, -0.2) is 0 Å². The maximum absolute atomic E-state index is 5.25. The number of hydrogen-bond donors (Lipinski definition) is 0. The molecule has 144 valence electrons. The highest BCUT2D eigenvalue weighted by Crippen LogP contribution is 2.33. The first-order valence-corrected chi connectivity index (χ1v) is 10.7. The van der Waals surface area contributed by atoms with Crippen LogP contribution in [0.5, 0.6) is 5.75 Å². The molecule has 0 saturated heterocycles. The van der Waals surface area contributed by atoms with Crippen molar-refractivity contribution in [1.82, 2.24) is 0 Å². The summed E-state index contributed by atoms with van der Waals surface area (Å²) >= 11 is 0. The minimum absolute atomic E-state index is 0.905. The molecular weight excluding hydrogens is 328 g/mol. The normalized spacial score (nSPS) is 16.8. The summed E-state index contributed by atoms with van der Waals surface area (Å²) in [5, 5.41) is 0. The Labute approximate surface area is 165 Å². The first-order chi connectivity index (χ1) is 13.3. The number of benzene rings is 2. The van der Waals surface area contributed by atoms with Gasteiger partial charge in [-0.15, -0.1) is 0 Å². The van der Waals surface area contributed by atoms with Crippen molar-refractivity contribution >= 4 is 5.57 Å². The molecule has 0 bridgehead atoms. The van der Waals surface area contributed by atoms with Crippen LogP contribution in [-0.4, -0.2) is 7.11 Å². The van der Waals surface area contributed by atoms with Crippen LogP contribution in [0.15, 0.2) is 54.6 Å². The maximum atomic E-state index is 5.25. The van der Waals surface area contributed by atoms with E-state index in [1.165, 1.54) is 74.5 Å². The van der Waals surface area contributed by atoms with E-state index in [2.05, 4.69) is 49.4 Å². The molecule has 1 nitrogen and oxygen atoms in total. The third-order valence-electron chi connectivity index (χ3n) is 5.91. The first kappa shape index (κ1) is 19.7. The number of unbranched alkanes of at least 4 members (excludes halogenated alkanes) is 4. The van der Waals surface area contributed by atoms with Gasteiger partial charge in [0.05, 0.1) is 7.11 Å². The van der Waals surface area contributed by atoms with E-state index in [1.807, 2.05) is 12.1 Å². The molecule has 2 aromatic carbocycles. The largest absolute Gasteiger partial charge is 0.497 e. The minimum Gasteiger partial charge on any atom is -0.497 e. The van der Waals surface area contributed by atoms with Crippen LogP contribution in [0.25, 0.3) is 16.7 Å². The van der Waals surface area contributed by atoms with Gasteiger partial charge in [-0.3, -0.25) is 0 Å². The average Bonchev–Trinajstić information content (AvgIpc) is 2.74. The zero-order chi connectivity index (χ0) is 18.9. The number of ether oxygens (including phenoxy) is 1. The van der Waals surface area contributed by atoms with Crippen molar-refractivity contribution in [2.75, 3.05) is 7.11 Å². The predicted octanol–water partition coefficient (Wildman–Crippen LogP) is 7.91. The van der Waals surface area contributed by atoms with Crippen molar-refractivity contribution in [2.45, 2.75) is 64.7 Å². The van der Waals surface area contributed by atoms with Crippen molar-refractivity contribution < 1.29 is 4.74 Å². The molecule has 0 spiro atoms. The summed E-state index contributed by atoms with van der Waals surface area (Å²) < 4.78 is 5.25. The summed E-state index contributed by atoms with van der Waals surface area (Å²) in [6, 6.07) is 17.4. The molecule has 1 aliphatic carbocycles. The smallest absolute Gasteiger partial charge is 0.118 e. The highest BCUT2D eigenvalue weighted by atomic mass is 16.5. The molecule has 0 heterocycles. The minimum atomic E-state index is 0.905. The van der Waals surface area contributed by atoms with Crippen molar-refractivity contribution in [2.24, 2.45) is 5.92 Å². The molecule has 0 aliphatic heterocycles. The highest BCUT2D eigenvalue weighted by molar-refractivity contribution is 5.71. The van der Waals surface area contributed by atoms with Crippen LogP contribution in [0.4, 0.5) is 0 Å². The van der Waals surface area contributed by atoms with Gasteiger partial charge in [-0.1, -0.05) is 87.9 Å². The second kappa shape index (κ2) is 10.3. The van der Waals surface area contributed by atoms with E-state index >= 15 is 0 Å². The lowest BCUT2D eigenvalue weighted by atomic mass is 9.83. The van der Waals surface area contributed by atoms with E-state index in [4.69, 9.17) is 4.74 Å². The monoisotopic (exact) mass is 362 g/mol. The van der Waals surface area contributed by atoms with Crippen LogP contribution in [0.2, 0.25) is 0 Å². The van der Waals surface area contributed by atoms with E-state index in [0.717, 1.165) is 11.7 Å². The predicted molar refractivity (Wildman–Crippen MR) is 117 cm³/mol. The van der Waals surface area contributed by atoms with Gasteiger partial charge >= 0.3 is 0 Å². The summed E-state index contributed by atoms with van der Waals surface area (Å²) in [6.45, 7) is 2.29. The molecule has 1 aliphatic rings. The zero-order valence-electron chi connectivity index (χ0n) is 17.0. The van der Waals surface area contributed by atoms with E-state index in [0.29, 0.717) is 0 Å². The van der Waals surface area contributed by atoms with Crippen molar-refractivity contribution in [3.8, 4) is 16.9 Å². The Hall–Kier alpha value is -2.02. The third kappa shape index (κ3) is 5.73. The molecule has 0 amide bonds. The summed E-state index contributed by atoms with van der Waals surface area (Å²) in [6.07, 6.45) is 14.8. The Balaban J connectivity index is 1.53. The molecule has 0 aromatic heterocycles. The van der Waals surface area contributed by atoms with Gasteiger partial charge in [0.15, 0.2) is 0 Å². The molecule has 0 N–H and O–H groups in total. The number of hydrogen-bond acceptors (Lipinski definition) is 1. The number of rotatable bonds is 9. The van der Waals surface area contributed by atoms with Crippen molar-refractivity contribution in [1.29, 1.82) is 0 Å². The fraction of sp³-hybridized carbons (Fsp3) is 0.462. The van der Waals surface area contributed by atoms with Gasteiger partial charge < -0.3 is 4.74 Å². The first-order valence-electron chi connectivity index (χ1n) is 10.7. The molecule has 27 heavy (non-hydrogen) atoms. The Kier molecular flexibility index (Phi) is 7.56. The molecule has 1 atom stereocenters. The maximum Gasteiger partial charge on any atom is 0.118 e. The topological polar surface area (TPSA) is 9.23 Å². The van der Waals surface area contributed by atoms with Gasteiger partial charge in [0.25, 0.3) is 0 Å². The Morgan fingerprint density at radius 3 is 2.04 bits per heavy atom. The van der Waals surface area contributed by atoms with Crippen LogP contribution in [0.1, 0.15) is 70.3 Å². The van der Waals surface area contributed by atoms with E-state index < -0.39 is 0 Å². The summed E-state index contributed by atoms with van der Waals surface area (Å²) in [5.41, 5.74) is 5.44. The van der Waals surface area contributed by atoms with Crippen molar-refractivity contribution in [3.63, 3.8) is 0 Å². The van der Waals surface area contributed by atoms with Crippen molar-refractivity contribution in [3.05, 3.63) is 60.2 Å². The molecule has 0 fully saturated rings. The lowest BCUT2D eigenvalue weighted by molar-refractivity contribution is 0.415. The summed E-state index contributed by atoms with van der Waals surface area (Å²) in [7, 11) is 1.71. The lowest BCUT2D eigenvalue weighted by Gasteiger charge is -2.22. The second-order valence-corrected chi connectivity index (χ2v) is 7.88. The van der Waals surface area contributed by atoms with Crippen LogP contribution < -0.4 is 4.74 Å². The highest BCUT2D eigenvalue weighted by Gasteiger charge is 2.15. The average molecular weight is 363 g/mol. The van der Waals surface area contributed by atoms with Crippen LogP contribution in [0.3, 0.4) is 0 Å². The fourth-order valence-corrected chi connectivity index (χ4v) is 4.11. The van der Waals surface area contributed by atoms with Gasteiger partial charge in [0, 0.05) is 0 Å². The van der Waals surface area contributed by atoms with Crippen LogP contribution in [-0.2, 0) is 0 Å². The van der Waals surface area contributed by atoms with Gasteiger partial charge in [-0.2, -0.15) is 0 Å². The van der Waals surface area contributed by atoms with Crippen LogP contribution >= 0.6 is 0 Å². The SMILES string of the molecule is CCCCCCCC1CC=C(c2ccc(-c3ccc(OC)cc3)cc2)CC1. The summed E-state index contributed by atoms with van der Waals surface area (Å²) in [5.74, 6) is 1.82. The van der Waals surface area contributed by atoms with E-state index in [9.17, 15) is 0 Å². The molecule has 3 rings (SSSR count). The van der Waals surface area contributed by atoms with E-state index in [-0.39, 0.29) is 0 Å². The molecule has 2 aromatic rings. The Bertz CT molecular complexity index is 709. The molecule has 1 heteroatoms. The molecular formula is C26H34O. The van der Waals surface area contributed by atoms with Gasteiger partial charge in [0.2, 0.25) is 0 Å². The fourth-order valence-electron chi connectivity index (χ4n) is 4.11. The number of allylic oxidation sites excluding steroid dienone is 2. The number of methoxy groups -OCH3 is 1. The zero-order valence-corrected chi connectivity index (χ0v) is 17.0. The lowest BCUT2D eigenvalue weighted by Crippen LogP contribution is -2.05. The Morgan fingerprint density at radius 2 is 1.44 bits per heavy atom. The molecule has 0 saturated carbocycles. The second-order valence-electron chi connectivity index (χ2n) is 7.88. The van der Waals surface area contributed by atoms with Gasteiger partial charge in [-0.05, 0) is 59.6 Å². The Morgan fingerprint density at radius 1 is 0.815 bits per heavy atom. The molecule has 0 radical (unpaired) electrons. The summed E-state index contributed by atoms with van der Waals surface area (Å²) in [4.78, 5) is 0. The van der Waals surface area contributed by atoms with E-state index in [1.54, 1.807) is 12.7 Å². The molecule has 1 unspecified atom stereocenters. The van der Waals surface area contributed by atoms with Crippen LogP contribution in [0, 0.1) is 5.92 Å². The quantitative estimate of drug-likeness (QED) is 0.412. The third-order valence-corrected chi connectivity index (χ3v) is 5.91. The van der Waals surface area contributed by atoms with Gasteiger partial charge in [0.1, 0.15) is 5.75 Å².